The summed E-state index contributed by atoms with van der Waals surface area (Å²) in [5, 5.41) is 9.10. The molecule has 1 aliphatic rings. The monoisotopic (exact) mass is 391 g/mol. The maximum atomic E-state index is 13.5. The van der Waals surface area contributed by atoms with Crippen LogP contribution >= 0.6 is 0 Å². The molecule has 5 nitrogen and oxygen atoms in total. The summed E-state index contributed by atoms with van der Waals surface area (Å²) >= 11 is 0. The first kappa shape index (κ1) is 19.1. The van der Waals surface area contributed by atoms with E-state index in [-0.39, 0.29) is 18.4 Å². The predicted molar refractivity (Wildman–Crippen MR) is 111 cm³/mol. The van der Waals surface area contributed by atoms with Gasteiger partial charge in [0.05, 0.1) is 6.54 Å². The van der Waals surface area contributed by atoms with Gasteiger partial charge in [-0.25, -0.2) is 4.39 Å². The van der Waals surface area contributed by atoms with Crippen LogP contribution in [0.3, 0.4) is 0 Å². The first-order valence-corrected chi connectivity index (χ1v) is 9.59. The van der Waals surface area contributed by atoms with Crippen molar-refractivity contribution in [1.82, 2.24) is 9.88 Å². The van der Waals surface area contributed by atoms with Crippen LogP contribution in [0.15, 0.2) is 73.1 Å². The summed E-state index contributed by atoms with van der Waals surface area (Å²) in [5.74, 6) is -1.10. The van der Waals surface area contributed by atoms with Crippen LogP contribution in [0.25, 0.3) is 11.1 Å². The van der Waals surface area contributed by atoms with E-state index < -0.39 is 5.97 Å². The minimum absolute atomic E-state index is 0.0354. The lowest BCUT2D eigenvalue weighted by molar-refractivity contribution is -0.138. The number of carboxylic acids is 1. The average Bonchev–Trinajstić information content (AvgIpc) is 3.18. The van der Waals surface area contributed by atoms with Crippen molar-refractivity contribution < 1.29 is 14.3 Å². The van der Waals surface area contributed by atoms with Crippen LogP contribution in [0.4, 0.5) is 15.8 Å². The van der Waals surface area contributed by atoms with Crippen molar-refractivity contribution in [2.45, 2.75) is 12.5 Å². The van der Waals surface area contributed by atoms with Crippen LogP contribution in [-0.2, 0) is 4.79 Å². The lowest BCUT2D eigenvalue weighted by Crippen LogP contribution is -2.35. The molecule has 1 unspecified atom stereocenters. The number of anilines is 2. The number of aromatic nitrogens is 1. The summed E-state index contributed by atoms with van der Waals surface area (Å²) in [5.41, 5.74) is 4.00. The second-order valence-electron chi connectivity index (χ2n) is 7.21. The molecule has 2 heterocycles. The summed E-state index contributed by atoms with van der Waals surface area (Å²) in [4.78, 5) is 19.4. The quantitative estimate of drug-likeness (QED) is 0.683. The molecule has 0 spiro atoms. The third-order valence-electron chi connectivity index (χ3n) is 5.22. The molecular formula is C23H22FN3O2. The standard InChI is InChI=1S/C23H22FN3O2/c24-19-5-9-21(10-6-19)27(22-11-13-26(15-22)16-23(28)29)20-7-3-17(4-8-20)18-2-1-12-25-14-18/h1-10,12,14,22H,11,13,15-16H2,(H,28,29). The first-order valence-electron chi connectivity index (χ1n) is 9.59. The summed E-state index contributed by atoms with van der Waals surface area (Å²) in [6, 6.07) is 18.7. The molecule has 0 radical (unpaired) electrons. The number of benzene rings is 2. The Morgan fingerprint density at radius 2 is 1.76 bits per heavy atom. The Labute approximate surface area is 169 Å². The second-order valence-corrected chi connectivity index (χ2v) is 7.21. The molecule has 2 aromatic carbocycles. The van der Waals surface area contributed by atoms with Crippen molar-refractivity contribution in [1.29, 1.82) is 0 Å². The minimum Gasteiger partial charge on any atom is -0.480 e. The van der Waals surface area contributed by atoms with Gasteiger partial charge >= 0.3 is 5.97 Å². The Balaban J connectivity index is 1.64. The molecule has 4 rings (SSSR count). The molecule has 0 saturated carbocycles. The number of hydrogen-bond donors (Lipinski definition) is 1. The SMILES string of the molecule is O=C(O)CN1CCC(N(c2ccc(F)cc2)c2ccc(-c3cccnc3)cc2)C1. The molecule has 1 N–H and O–H groups in total. The first-order chi connectivity index (χ1) is 14.1. The van der Waals surface area contributed by atoms with Crippen molar-refractivity contribution in [2.24, 2.45) is 0 Å². The minimum atomic E-state index is -0.820. The highest BCUT2D eigenvalue weighted by Crippen LogP contribution is 2.33. The van der Waals surface area contributed by atoms with E-state index in [2.05, 4.69) is 9.88 Å². The van der Waals surface area contributed by atoms with Gasteiger partial charge in [-0.3, -0.25) is 14.7 Å². The van der Waals surface area contributed by atoms with Gasteiger partial charge in [0.15, 0.2) is 0 Å². The number of aliphatic carboxylic acids is 1. The number of hydrogen-bond acceptors (Lipinski definition) is 4. The van der Waals surface area contributed by atoms with Gasteiger partial charge in [-0.15, -0.1) is 0 Å². The molecule has 0 bridgehead atoms. The molecule has 3 aromatic rings. The molecule has 148 valence electrons. The summed E-state index contributed by atoms with van der Waals surface area (Å²) in [7, 11) is 0. The van der Waals surface area contributed by atoms with E-state index in [1.165, 1.54) is 12.1 Å². The van der Waals surface area contributed by atoms with Crippen molar-refractivity contribution in [3.8, 4) is 11.1 Å². The van der Waals surface area contributed by atoms with Crippen LogP contribution < -0.4 is 4.90 Å². The van der Waals surface area contributed by atoms with Crippen molar-refractivity contribution in [3.63, 3.8) is 0 Å². The van der Waals surface area contributed by atoms with Crippen LogP contribution in [0.5, 0.6) is 0 Å². The fourth-order valence-corrected chi connectivity index (χ4v) is 3.88. The Bertz CT molecular complexity index is 962. The topological polar surface area (TPSA) is 56.7 Å². The van der Waals surface area contributed by atoms with Gasteiger partial charge in [-0.2, -0.15) is 0 Å². The number of rotatable bonds is 6. The van der Waals surface area contributed by atoms with Crippen molar-refractivity contribution in [3.05, 3.63) is 78.9 Å². The lowest BCUT2D eigenvalue weighted by Gasteiger charge is -2.31. The molecule has 1 fully saturated rings. The highest BCUT2D eigenvalue weighted by molar-refractivity contribution is 5.71. The zero-order valence-electron chi connectivity index (χ0n) is 15.9. The summed E-state index contributed by atoms with van der Waals surface area (Å²) < 4.78 is 13.5. The molecule has 1 saturated heterocycles. The van der Waals surface area contributed by atoms with Crippen LogP contribution in [-0.4, -0.2) is 46.6 Å². The van der Waals surface area contributed by atoms with E-state index in [1.807, 2.05) is 47.5 Å². The fourth-order valence-electron chi connectivity index (χ4n) is 3.88. The number of carboxylic acid groups (broad SMARTS) is 1. The molecule has 0 amide bonds. The van der Waals surface area contributed by atoms with Gasteiger partial charge in [0.25, 0.3) is 0 Å². The van der Waals surface area contributed by atoms with E-state index in [0.717, 1.165) is 35.5 Å². The second kappa shape index (κ2) is 8.41. The Hall–Kier alpha value is -3.25. The molecule has 1 aromatic heterocycles. The smallest absolute Gasteiger partial charge is 0.317 e. The lowest BCUT2D eigenvalue weighted by atomic mass is 10.1. The molecular weight excluding hydrogens is 369 g/mol. The van der Waals surface area contributed by atoms with Crippen molar-refractivity contribution in [2.75, 3.05) is 24.5 Å². The van der Waals surface area contributed by atoms with E-state index in [9.17, 15) is 9.18 Å². The van der Waals surface area contributed by atoms with Gasteiger partial charge in [0.1, 0.15) is 5.82 Å². The van der Waals surface area contributed by atoms with Gasteiger partial charge < -0.3 is 10.0 Å². The van der Waals surface area contributed by atoms with E-state index in [4.69, 9.17) is 5.11 Å². The number of nitrogens with zero attached hydrogens (tertiary/aromatic N) is 3. The highest BCUT2D eigenvalue weighted by Gasteiger charge is 2.30. The van der Waals surface area contributed by atoms with E-state index in [0.29, 0.717) is 6.54 Å². The van der Waals surface area contributed by atoms with Crippen LogP contribution in [0.1, 0.15) is 6.42 Å². The average molecular weight is 391 g/mol. The Kier molecular flexibility index (Phi) is 5.53. The molecule has 1 aliphatic heterocycles. The third-order valence-corrected chi connectivity index (χ3v) is 5.22. The number of likely N-dealkylation sites (tertiary alicyclic amines) is 1. The third kappa shape index (κ3) is 4.43. The fraction of sp³-hybridized carbons (Fsp3) is 0.217. The number of halogens is 1. The molecule has 6 heteroatoms. The summed E-state index contributed by atoms with van der Waals surface area (Å²) in [6.07, 6.45) is 4.42. The normalized spacial score (nSPS) is 16.7. The molecule has 0 aliphatic carbocycles. The number of pyridine rings is 1. The number of carbonyl (C=O) groups is 1. The zero-order valence-corrected chi connectivity index (χ0v) is 15.9. The van der Waals surface area contributed by atoms with E-state index in [1.54, 1.807) is 18.3 Å². The van der Waals surface area contributed by atoms with E-state index >= 15 is 0 Å². The predicted octanol–water partition coefficient (Wildman–Crippen LogP) is 4.18. The van der Waals surface area contributed by atoms with Gasteiger partial charge in [-0.1, -0.05) is 18.2 Å². The summed E-state index contributed by atoms with van der Waals surface area (Å²) in [6.45, 7) is 1.41. The van der Waals surface area contributed by atoms with Crippen LogP contribution in [0.2, 0.25) is 0 Å². The van der Waals surface area contributed by atoms with Gasteiger partial charge in [0.2, 0.25) is 0 Å². The molecule has 1 atom stereocenters. The Morgan fingerprint density at radius 1 is 1.07 bits per heavy atom. The van der Waals surface area contributed by atoms with Crippen LogP contribution in [0, 0.1) is 5.82 Å². The van der Waals surface area contributed by atoms with Gasteiger partial charge in [0, 0.05) is 42.9 Å². The maximum absolute atomic E-state index is 13.5. The van der Waals surface area contributed by atoms with Gasteiger partial charge in [-0.05, 0) is 60.0 Å². The van der Waals surface area contributed by atoms with Crippen molar-refractivity contribution >= 4 is 17.3 Å². The largest absolute Gasteiger partial charge is 0.480 e. The Morgan fingerprint density at radius 3 is 2.38 bits per heavy atom. The molecule has 29 heavy (non-hydrogen) atoms. The maximum Gasteiger partial charge on any atom is 0.317 e. The highest BCUT2D eigenvalue weighted by atomic mass is 19.1. The zero-order chi connectivity index (χ0) is 20.2.